The van der Waals surface area contributed by atoms with Crippen LogP contribution in [0.5, 0.6) is 5.75 Å². The van der Waals surface area contributed by atoms with Crippen LogP contribution in [0, 0.1) is 11.6 Å². The number of piperazine rings is 1. The van der Waals surface area contributed by atoms with Gasteiger partial charge in [-0.3, -0.25) is 9.69 Å². The first-order valence-electron chi connectivity index (χ1n) is 11.4. The number of carbonyl (C=O) groups is 1. The Morgan fingerprint density at radius 3 is 2.29 bits per heavy atom. The largest absolute Gasteiger partial charge is 0.497 e. The average Bonchev–Trinajstić information content (AvgIpc) is 2.87. The fraction of sp³-hybridized carbons (Fsp3) is 0.296. The summed E-state index contributed by atoms with van der Waals surface area (Å²) in [6, 6.07) is 18.7. The van der Waals surface area contributed by atoms with E-state index in [2.05, 4.69) is 4.90 Å². The third-order valence-corrected chi connectivity index (χ3v) is 6.34. The Kier molecular flexibility index (Phi) is 8.33. The van der Waals surface area contributed by atoms with Crippen LogP contribution in [0.2, 0.25) is 5.02 Å². The van der Waals surface area contributed by atoms with Gasteiger partial charge >= 0.3 is 0 Å². The van der Waals surface area contributed by atoms with E-state index >= 15 is 0 Å². The maximum atomic E-state index is 14.1. The van der Waals surface area contributed by atoms with Crippen molar-refractivity contribution in [1.82, 2.24) is 9.80 Å². The number of nitrogens with zero attached hydrogens (tertiary/aromatic N) is 2. The van der Waals surface area contributed by atoms with Gasteiger partial charge in [0.25, 0.3) is 5.91 Å². The molecule has 0 aliphatic carbocycles. The molecule has 0 spiro atoms. The minimum absolute atomic E-state index is 0.232. The molecule has 0 aromatic heterocycles. The van der Waals surface area contributed by atoms with Crippen LogP contribution in [0.3, 0.4) is 0 Å². The summed E-state index contributed by atoms with van der Waals surface area (Å²) in [7, 11) is 1.63. The highest BCUT2D eigenvalue weighted by Gasteiger charge is 2.28. The number of rotatable bonds is 8. The molecule has 35 heavy (non-hydrogen) atoms. The van der Waals surface area contributed by atoms with E-state index in [0.29, 0.717) is 44.4 Å². The molecule has 0 N–H and O–H groups in total. The summed E-state index contributed by atoms with van der Waals surface area (Å²) in [5.74, 6) is -1.54. The van der Waals surface area contributed by atoms with Crippen molar-refractivity contribution >= 4 is 17.5 Å². The number of hydrogen-bond acceptors (Lipinski definition) is 4. The third-order valence-electron chi connectivity index (χ3n) is 6.09. The zero-order valence-corrected chi connectivity index (χ0v) is 20.2. The van der Waals surface area contributed by atoms with Crippen molar-refractivity contribution in [3.63, 3.8) is 0 Å². The summed E-state index contributed by atoms with van der Waals surface area (Å²) in [6.07, 6.45) is -0.232. The fourth-order valence-electron chi connectivity index (χ4n) is 4.12. The predicted octanol–water partition coefficient (Wildman–Crippen LogP) is 5.34. The van der Waals surface area contributed by atoms with Gasteiger partial charge in [-0.05, 0) is 47.5 Å². The van der Waals surface area contributed by atoms with E-state index in [0.717, 1.165) is 29.0 Å². The summed E-state index contributed by atoms with van der Waals surface area (Å²) in [5, 5.41) is 0.646. The van der Waals surface area contributed by atoms with E-state index in [4.69, 9.17) is 21.1 Å². The zero-order chi connectivity index (χ0) is 24.8. The molecular formula is C27H27ClF2N2O3. The monoisotopic (exact) mass is 500 g/mol. The number of benzene rings is 3. The number of ether oxygens (including phenoxy) is 2. The first-order chi connectivity index (χ1) is 16.9. The molecule has 1 unspecified atom stereocenters. The van der Waals surface area contributed by atoms with E-state index < -0.39 is 23.1 Å². The summed E-state index contributed by atoms with van der Waals surface area (Å²) in [4.78, 5) is 16.4. The molecule has 0 bridgehead atoms. The molecule has 3 aromatic rings. The Balaban J connectivity index is 1.41. The first kappa shape index (κ1) is 25.1. The topological polar surface area (TPSA) is 42.0 Å². The first-order valence-corrected chi connectivity index (χ1v) is 11.8. The average molecular weight is 501 g/mol. The maximum Gasteiger partial charge on any atom is 0.259 e. The lowest BCUT2D eigenvalue weighted by molar-refractivity contribution is 0.00328. The van der Waals surface area contributed by atoms with E-state index in [-0.39, 0.29) is 6.10 Å². The molecule has 1 heterocycles. The van der Waals surface area contributed by atoms with Gasteiger partial charge in [0.05, 0.1) is 19.8 Å². The zero-order valence-electron chi connectivity index (χ0n) is 19.4. The van der Waals surface area contributed by atoms with Crippen molar-refractivity contribution in [2.45, 2.75) is 12.7 Å². The Morgan fingerprint density at radius 1 is 0.971 bits per heavy atom. The van der Waals surface area contributed by atoms with Crippen molar-refractivity contribution < 1.29 is 23.0 Å². The molecule has 1 aliphatic heterocycles. The molecule has 8 heteroatoms. The standard InChI is InChI=1S/C27H27ClF2N2O3/c1-34-22-5-2-4-19(16-22)18-35-25(20-8-10-21(28)11-9-20)17-31-12-14-32(15-13-31)27(33)26-23(29)6-3-7-24(26)30/h2-11,16,25H,12-15,17-18H2,1H3. The highest BCUT2D eigenvalue weighted by molar-refractivity contribution is 6.30. The highest BCUT2D eigenvalue weighted by Crippen LogP contribution is 2.25. The third kappa shape index (κ3) is 6.36. The van der Waals surface area contributed by atoms with Gasteiger partial charge in [0, 0.05) is 37.7 Å². The number of amides is 1. The van der Waals surface area contributed by atoms with Crippen LogP contribution in [0.15, 0.2) is 66.7 Å². The second kappa shape index (κ2) is 11.6. The molecule has 1 aliphatic rings. The second-order valence-electron chi connectivity index (χ2n) is 8.39. The molecule has 4 rings (SSSR count). The molecule has 1 saturated heterocycles. The van der Waals surface area contributed by atoms with Gasteiger partial charge < -0.3 is 14.4 Å². The van der Waals surface area contributed by atoms with Gasteiger partial charge in [0.1, 0.15) is 22.9 Å². The fourth-order valence-corrected chi connectivity index (χ4v) is 4.25. The van der Waals surface area contributed by atoms with Gasteiger partial charge in [-0.25, -0.2) is 8.78 Å². The Hall–Kier alpha value is -3.00. The Bertz CT molecular complexity index is 1130. The molecule has 1 atom stereocenters. The molecule has 0 saturated carbocycles. The van der Waals surface area contributed by atoms with Crippen LogP contribution in [-0.4, -0.2) is 55.5 Å². The van der Waals surface area contributed by atoms with Gasteiger partial charge in [0.15, 0.2) is 0 Å². The lowest BCUT2D eigenvalue weighted by atomic mass is 10.1. The Morgan fingerprint density at radius 2 is 1.63 bits per heavy atom. The van der Waals surface area contributed by atoms with Crippen LogP contribution < -0.4 is 4.74 Å². The van der Waals surface area contributed by atoms with Crippen LogP contribution >= 0.6 is 11.6 Å². The maximum absolute atomic E-state index is 14.1. The van der Waals surface area contributed by atoms with Crippen LogP contribution in [0.1, 0.15) is 27.6 Å². The van der Waals surface area contributed by atoms with Gasteiger partial charge in [-0.15, -0.1) is 0 Å². The quantitative estimate of drug-likeness (QED) is 0.418. The highest BCUT2D eigenvalue weighted by atomic mass is 35.5. The van der Waals surface area contributed by atoms with Gasteiger partial charge in [-0.1, -0.05) is 41.9 Å². The second-order valence-corrected chi connectivity index (χ2v) is 8.83. The van der Waals surface area contributed by atoms with Gasteiger partial charge in [0.2, 0.25) is 0 Å². The van der Waals surface area contributed by atoms with E-state index in [1.54, 1.807) is 7.11 Å². The molecule has 1 amide bonds. The number of methoxy groups -OCH3 is 1. The lowest BCUT2D eigenvalue weighted by Gasteiger charge is -2.36. The summed E-state index contributed by atoms with van der Waals surface area (Å²) in [5.41, 5.74) is 1.48. The molecule has 3 aromatic carbocycles. The number of carbonyl (C=O) groups excluding carboxylic acids is 1. The van der Waals surface area contributed by atoms with Gasteiger partial charge in [-0.2, -0.15) is 0 Å². The predicted molar refractivity (Wildman–Crippen MR) is 131 cm³/mol. The van der Waals surface area contributed by atoms with E-state index in [9.17, 15) is 13.6 Å². The number of halogens is 3. The lowest BCUT2D eigenvalue weighted by Crippen LogP contribution is -2.50. The minimum Gasteiger partial charge on any atom is -0.497 e. The summed E-state index contributed by atoms with van der Waals surface area (Å²) in [6.45, 7) is 2.87. The molecular weight excluding hydrogens is 474 g/mol. The number of hydrogen-bond donors (Lipinski definition) is 0. The normalized spacial score (nSPS) is 15.1. The van der Waals surface area contributed by atoms with Crippen molar-refractivity contribution in [2.24, 2.45) is 0 Å². The summed E-state index contributed by atoms with van der Waals surface area (Å²) >= 11 is 6.08. The van der Waals surface area contributed by atoms with Crippen LogP contribution in [0.25, 0.3) is 0 Å². The smallest absolute Gasteiger partial charge is 0.259 e. The molecule has 1 fully saturated rings. The van der Waals surface area contributed by atoms with E-state index in [1.807, 2.05) is 48.5 Å². The molecule has 5 nitrogen and oxygen atoms in total. The van der Waals surface area contributed by atoms with Crippen molar-refractivity contribution in [1.29, 1.82) is 0 Å². The minimum atomic E-state index is -0.842. The van der Waals surface area contributed by atoms with Crippen LogP contribution in [-0.2, 0) is 11.3 Å². The van der Waals surface area contributed by atoms with E-state index in [1.165, 1.54) is 11.0 Å². The van der Waals surface area contributed by atoms with Crippen molar-refractivity contribution in [3.05, 3.63) is 100 Å². The SMILES string of the molecule is COc1cccc(COC(CN2CCN(C(=O)c3c(F)cccc3F)CC2)c2ccc(Cl)cc2)c1. The Labute approximate surface area is 208 Å². The van der Waals surface area contributed by atoms with Crippen molar-refractivity contribution in [3.8, 4) is 5.75 Å². The van der Waals surface area contributed by atoms with Crippen molar-refractivity contribution in [2.75, 3.05) is 39.8 Å². The molecule has 0 radical (unpaired) electrons. The summed E-state index contributed by atoms with van der Waals surface area (Å²) < 4.78 is 39.7. The van der Waals surface area contributed by atoms with Crippen LogP contribution in [0.4, 0.5) is 8.78 Å². The molecule has 184 valence electrons.